The smallest absolute Gasteiger partial charge is 0.267 e. The first kappa shape index (κ1) is 23.1. The minimum atomic E-state index is -0.163. The number of nitrogens with one attached hydrogen (secondary N) is 1. The molecule has 0 saturated heterocycles. The molecule has 0 aliphatic rings. The molecule has 0 aliphatic carbocycles. The summed E-state index contributed by atoms with van der Waals surface area (Å²) >= 11 is 0. The van der Waals surface area contributed by atoms with Gasteiger partial charge in [-0.15, -0.1) is 0 Å². The number of hydrogen-bond donors (Lipinski definition) is 1. The van der Waals surface area contributed by atoms with Gasteiger partial charge in [0.1, 0.15) is 5.69 Å². The molecule has 7 nitrogen and oxygen atoms in total. The standard InChI is InChI=1S/C31H24N6O/c1-22-12-8-11-19-28(22)37-30(38)26-17-9-10-18-27(26)33-31(37)34-32-20-24-21-36(25-15-6-3-7-16-25)35-29(24)23-13-4-2-5-14-23/h2-21H,1H3,(H,33,34)/b32-20-. The van der Waals surface area contributed by atoms with Crippen molar-refractivity contribution in [1.29, 1.82) is 0 Å². The van der Waals surface area contributed by atoms with Crippen molar-refractivity contribution in [3.05, 3.63) is 137 Å². The van der Waals surface area contributed by atoms with Crippen LogP contribution in [0, 0.1) is 6.92 Å². The van der Waals surface area contributed by atoms with E-state index in [1.54, 1.807) is 16.8 Å². The molecule has 0 fully saturated rings. The van der Waals surface area contributed by atoms with E-state index in [1.807, 2.05) is 121 Å². The molecule has 6 aromatic rings. The van der Waals surface area contributed by atoms with Gasteiger partial charge in [-0.25, -0.2) is 19.7 Å². The number of nitrogens with zero attached hydrogens (tertiary/aromatic N) is 5. The van der Waals surface area contributed by atoms with Crippen LogP contribution in [0.3, 0.4) is 0 Å². The summed E-state index contributed by atoms with van der Waals surface area (Å²) in [5, 5.41) is 9.90. The molecule has 38 heavy (non-hydrogen) atoms. The minimum Gasteiger partial charge on any atom is -0.268 e. The number of anilines is 1. The maximum Gasteiger partial charge on any atom is 0.267 e. The summed E-state index contributed by atoms with van der Waals surface area (Å²) in [6.45, 7) is 1.97. The maximum absolute atomic E-state index is 13.6. The topological polar surface area (TPSA) is 77.1 Å². The quantitative estimate of drug-likeness (QED) is 0.227. The number of aryl methyl sites for hydroxylation is 1. The zero-order chi connectivity index (χ0) is 25.9. The lowest BCUT2D eigenvalue weighted by Gasteiger charge is -2.14. The lowest BCUT2D eigenvalue weighted by molar-refractivity contribution is 0.884. The second kappa shape index (κ2) is 9.99. The normalized spacial score (nSPS) is 11.3. The van der Waals surface area contributed by atoms with Crippen molar-refractivity contribution in [2.24, 2.45) is 5.10 Å². The second-order valence-electron chi connectivity index (χ2n) is 8.83. The van der Waals surface area contributed by atoms with Gasteiger partial charge in [-0.3, -0.25) is 4.79 Å². The Labute approximate surface area is 219 Å². The predicted octanol–water partition coefficient (Wildman–Crippen LogP) is 5.99. The van der Waals surface area contributed by atoms with Gasteiger partial charge in [-0.1, -0.05) is 78.9 Å². The summed E-state index contributed by atoms with van der Waals surface area (Å²) in [7, 11) is 0. The molecule has 2 aromatic heterocycles. The molecular formula is C31H24N6O. The molecule has 0 radical (unpaired) electrons. The average Bonchev–Trinajstić information content (AvgIpc) is 3.39. The van der Waals surface area contributed by atoms with Crippen LogP contribution in [0.25, 0.3) is 33.5 Å². The predicted molar refractivity (Wildman–Crippen MR) is 152 cm³/mol. The molecule has 4 aromatic carbocycles. The molecule has 2 heterocycles. The Balaban J connectivity index is 1.44. The third-order valence-electron chi connectivity index (χ3n) is 6.31. The van der Waals surface area contributed by atoms with Gasteiger partial charge in [-0.05, 0) is 42.8 Å². The lowest BCUT2D eigenvalue weighted by Crippen LogP contribution is -2.23. The van der Waals surface area contributed by atoms with Crippen molar-refractivity contribution in [2.45, 2.75) is 6.92 Å². The highest BCUT2D eigenvalue weighted by atomic mass is 16.1. The van der Waals surface area contributed by atoms with Gasteiger partial charge in [0.2, 0.25) is 5.95 Å². The molecule has 6 rings (SSSR count). The van der Waals surface area contributed by atoms with Crippen LogP contribution < -0.4 is 11.0 Å². The number of fused-ring (bicyclic) bond motifs is 1. The van der Waals surface area contributed by atoms with Gasteiger partial charge in [0.05, 0.1) is 28.5 Å². The number of hydrazone groups is 1. The Hall–Kier alpha value is -5.30. The van der Waals surface area contributed by atoms with E-state index < -0.39 is 0 Å². The summed E-state index contributed by atoms with van der Waals surface area (Å²) < 4.78 is 3.40. The Morgan fingerprint density at radius 2 is 1.50 bits per heavy atom. The first-order chi connectivity index (χ1) is 18.7. The van der Waals surface area contributed by atoms with Gasteiger partial charge in [0.25, 0.3) is 5.56 Å². The first-order valence-corrected chi connectivity index (χ1v) is 12.3. The van der Waals surface area contributed by atoms with Crippen molar-refractivity contribution in [3.63, 3.8) is 0 Å². The highest BCUT2D eigenvalue weighted by Gasteiger charge is 2.15. The molecule has 1 N–H and O–H groups in total. The SMILES string of the molecule is Cc1ccccc1-n1c(N/N=C\c2cn(-c3ccccc3)nc2-c2ccccc2)nc2ccccc2c1=O. The Bertz CT molecular complexity index is 1820. The zero-order valence-corrected chi connectivity index (χ0v) is 20.7. The summed E-state index contributed by atoms with van der Waals surface area (Å²) in [5.41, 5.74) is 8.70. The fourth-order valence-electron chi connectivity index (χ4n) is 4.42. The third kappa shape index (κ3) is 4.37. The molecule has 0 atom stereocenters. The second-order valence-corrected chi connectivity index (χ2v) is 8.83. The summed E-state index contributed by atoms with van der Waals surface area (Å²) in [6, 6.07) is 34.9. The van der Waals surface area contributed by atoms with Crippen LogP contribution in [-0.4, -0.2) is 25.5 Å². The van der Waals surface area contributed by atoms with E-state index >= 15 is 0 Å². The van der Waals surface area contributed by atoms with Gasteiger partial charge in [0, 0.05) is 17.3 Å². The molecule has 0 bridgehead atoms. The van der Waals surface area contributed by atoms with E-state index in [4.69, 9.17) is 10.1 Å². The van der Waals surface area contributed by atoms with Crippen LogP contribution >= 0.6 is 0 Å². The maximum atomic E-state index is 13.6. The van der Waals surface area contributed by atoms with Crippen LogP contribution in [0.2, 0.25) is 0 Å². The number of aromatic nitrogens is 4. The van der Waals surface area contributed by atoms with Crippen molar-refractivity contribution >= 4 is 23.1 Å². The Kier molecular flexibility index (Phi) is 6.08. The Morgan fingerprint density at radius 1 is 0.816 bits per heavy atom. The molecular weight excluding hydrogens is 472 g/mol. The van der Waals surface area contributed by atoms with Gasteiger partial charge >= 0.3 is 0 Å². The van der Waals surface area contributed by atoms with E-state index in [1.165, 1.54) is 0 Å². The monoisotopic (exact) mass is 496 g/mol. The highest BCUT2D eigenvalue weighted by molar-refractivity contribution is 5.89. The van der Waals surface area contributed by atoms with Gasteiger partial charge in [-0.2, -0.15) is 10.2 Å². The van der Waals surface area contributed by atoms with Crippen molar-refractivity contribution in [3.8, 4) is 22.6 Å². The summed E-state index contributed by atoms with van der Waals surface area (Å²) in [5.74, 6) is 0.330. The van der Waals surface area contributed by atoms with Crippen molar-refractivity contribution < 1.29 is 0 Å². The van der Waals surface area contributed by atoms with Gasteiger partial charge < -0.3 is 0 Å². The number of benzene rings is 4. The zero-order valence-electron chi connectivity index (χ0n) is 20.7. The lowest BCUT2D eigenvalue weighted by atomic mass is 10.1. The highest BCUT2D eigenvalue weighted by Crippen LogP contribution is 2.23. The molecule has 0 unspecified atom stereocenters. The molecule has 0 amide bonds. The third-order valence-corrected chi connectivity index (χ3v) is 6.31. The first-order valence-electron chi connectivity index (χ1n) is 12.3. The fraction of sp³-hybridized carbons (Fsp3) is 0.0323. The van der Waals surface area contributed by atoms with Crippen LogP contribution in [0.15, 0.2) is 125 Å². The number of hydrogen-bond acceptors (Lipinski definition) is 5. The number of rotatable bonds is 6. The van der Waals surface area contributed by atoms with Crippen molar-refractivity contribution in [1.82, 2.24) is 19.3 Å². The average molecular weight is 497 g/mol. The van der Waals surface area contributed by atoms with E-state index in [9.17, 15) is 4.79 Å². The summed E-state index contributed by atoms with van der Waals surface area (Å²) in [4.78, 5) is 18.3. The summed E-state index contributed by atoms with van der Waals surface area (Å²) in [6.07, 6.45) is 3.64. The number of para-hydroxylation sites is 3. The molecule has 0 saturated carbocycles. The van der Waals surface area contributed by atoms with Crippen LogP contribution in [0.5, 0.6) is 0 Å². The molecule has 0 aliphatic heterocycles. The molecule has 184 valence electrons. The van der Waals surface area contributed by atoms with E-state index in [2.05, 4.69) is 10.5 Å². The van der Waals surface area contributed by atoms with Gasteiger partial charge in [0.15, 0.2) is 0 Å². The largest absolute Gasteiger partial charge is 0.268 e. The Morgan fingerprint density at radius 3 is 2.29 bits per heavy atom. The van der Waals surface area contributed by atoms with Crippen molar-refractivity contribution in [2.75, 3.05) is 5.43 Å². The fourth-order valence-corrected chi connectivity index (χ4v) is 4.42. The van der Waals surface area contributed by atoms with Crippen LogP contribution in [0.4, 0.5) is 5.95 Å². The van der Waals surface area contributed by atoms with Crippen LogP contribution in [0.1, 0.15) is 11.1 Å². The van der Waals surface area contributed by atoms with E-state index in [-0.39, 0.29) is 5.56 Å². The molecule has 0 spiro atoms. The van der Waals surface area contributed by atoms with E-state index in [0.717, 1.165) is 33.8 Å². The molecule has 7 heteroatoms. The van der Waals surface area contributed by atoms with Crippen LogP contribution in [-0.2, 0) is 0 Å². The van der Waals surface area contributed by atoms with E-state index in [0.29, 0.717) is 16.9 Å². The minimum absolute atomic E-state index is 0.163.